The van der Waals surface area contributed by atoms with Gasteiger partial charge in [-0.1, -0.05) is 11.6 Å². The molecule has 1 rings (SSSR count). The number of likely N-dealkylation sites (N-methyl/N-ethyl adjacent to an activating group) is 1. The first-order valence-electron chi connectivity index (χ1n) is 5.36. The van der Waals surface area contributed by atoms with E-state index in [0.29, 0.717) is 17.3 Å². The first-order valence-corrected chi connectivity index (χ1v) is 5.73. The first-order chi connectivity index (χ1) is 7.95. The minimum atomic E-state index is -0.0815. The Morgan fingerprint density at radius 2 is 2.24 bits per heavy atom. The smallest absolute Gasteiger partial charge is 0.254 e. The van der Waals surface area contributed by atoms with Crippen LogP contribution < -0.4 is 0 Å². The molecule has 0 N–H and O–H groups in total. The number of ether oxygens (including phenoxy) is 1. The number of hydrogen-bond acceptors (Lipinski definition) is 3. The molecule has 0 radical (unpaired) electrons. The molecule has 1 unspecified atom stereocenters. The van der Waals surface area contributed by atoms with Crippen LogP contribution in [0.25, 0.3) is 0 Å². The minimum Gasteiger partial charge on any atom is -0.383 e. The molecule has 1 amide bonds. The molecule has 1 aromatic rings. The summed E-state index contributed by atoms with van der Waals surface area (Å²) in [7, 11) is 3.36. The lowest BCUT2D eigenvalue weighted by Crippen LogP contribution is -2.37. The summed E-state index contributed by atoms with van der Waals surface area (Å²) in [6.45, 7) is 4.23. The van der Waals surface area contributed by atoms with Gasteiger partial charge in [0.05, 0.1) is 12.6 Å². The second kappa shape index (κ2) is 5.98. The maximum atomic E-state index is 12.1. The fourth-order valence-electron chi connectivity index (χ4n) is 1.51. The van der Waals surface area contributed by atoms with E-state index in [1.54, 1.807) is 38.1 Å². The van der Waals surface area contributed by atoms with E-state index < -0.39 is 0 Å². The molecule has 94 valence electrons. The van der Waals surface area contributed by atoms with E-state index in [0.717, 1.165) is 5.69 Å². The maximum absolute atomic E-state index is 12.1. The van der Waals surface area contributed by atoms with Gasteiger partial charge in [0.2, 0.25) is 0 Å². The zero-order valence-corrected chi connectivity index (χ0v) is 11.3. The lowest BCUT2D eigenvalue weighted by Gasteiger charge is -2.24. The largest absolute Gasteiger partial charge is 0.383 e. The van der Waals surface area contributed by atoms with Crippen LogP contribution in [-0.4, -0.2) is 42.6 Å². The van der Waals surface area contributed by atoms with Crippen LogP contribution >= 0.6 is 11.6 Å². The summed E-state index contributed by atoms with van der Waals surface area (Å²) in [6.07, 6.45) is 0. The third kappa shape index (κ3) is 3.68. The molecule has 0 aliphatic carbocycles. The standard InChI is InChI=1S/C12H17ClN2O2/c1-8-5-10(6-11(13)14-8)12(16)15(3)9(2)7-17-4/h5-6,9H,7H2,1-4H3. The highest BCUT2D eigenvalue weighted by molar-refractivity contribution is 6.29. The van der Waals surface area contributed by atoms with Gasteiger partial charge in [0, 0.05) is 25.4 Å². The monoisotopic (exact) mass is 256 g/mol. The van der Waals surface area contributed by atoms with Gasteiger partial charge in [0.15, 0.2) is 0 Å². The Morgan fingerprint density at radius 1 is 1.59 bits per heavy atom. The van der Waals surface area contributed by atoms with E-state index in [2.05, 4.69) is 4.98 Å². The number of amides is 1. The summed E-state index contributed by atoms with van der Waals surface area (Å²) in [4.78, 5) is 17.8. The molecule has 0 spiro atoms. The number of methoxy groups -OCH3 is 1. The molecule has 4 nitrogen and oxygen atoms in total. The lowest BCUT2D eigenvalue weighted by molar-refractivity contribution is 0.0633. The molecule has 5 heteroatoms. The van der Waals surface area contributed by atoms with Crippen molar-refractivity contribution >= 4 is 17.5 Å². The van der Waals surface area contributed by atoms with E-state index in [1.807, 2.05) is 6.92 Å². The molecule has 1 heterocycles. The Hall–Kier alpha value is -1.13. The fraction of sp³-hybridized carbons (Fsp3) is 0.500. The van der Waals surface area contributed by atoms with Crippen molar-refractivity contribution in [1.82, 2.24) is 9.88 Å². The zero-order valence-electron chi connectivity index (χ0n) is 10.5. The van der Waals surface area contributed by atoms with Gasteiger partial charge >= 0.3 is 0 Å². The van der Waals surface area contributed by atoms with Crippen LogP contribution in [0.4, 0.5) is 0 Å². The highest BCUT2D eigenvalue weighted by Gasteiger charge is 2.18. The Kier molecular flexibility index (Phi) is 4.90. The molecule has 0 saturated heterocycles. The number of halogens is 1. The van der Waals surface area contributed by atoms with Crippen molar-refractivity contribution in [3.05, 3.63) is 28.5 Å². The third-order valence-corrected chi connectivity index (χ3v) is 2.75. The van der Waals surface area contributed by atoms with Crippen LogP contribution in [0.2, 0.25) is 5.15 Å². The van der Waals surface area contributed by atoms with Crippen LogP contribution in [0.15, 0.2) is 12.1 Å². The van der Waals surface area contributed by atoms with Gasteiger partial charge in [0.25, 0.3) is 5.91 Å². The number of carbonyl (C=O) groups is 1. The average Bonchev–Trinajstić information content (AvgIpc) is 2.26. The van der Waals surface area contributed by atoms with Crippen LogP contribution in [0.3, 0.4) is 0 Å². The van der Waals surface area contributed by atoms with E-state index in [9.17, 15) is 4.79 Å². The molecule has 1 atom stereocenters. The molecule has 0 saturated carbocycles. The summed E-state index contributed by atoms with van der Waals surface area (Å²) < 4.78 is 5.03. The minimum absolute atomic E-state index is 0.0137. The Balaban J connectivity index is 2.88. The maximum Gasteiger partial charge on any atom is 0.254 e. The van der Waals surface area contributed by atoms with Crippen molar-refractivity contribution in [2.24, 2.45) is 0 Å². The van der Waals surface area contributed by atoms with Crippen molar-refractivity contribution in [2.75, 3.05) is 20.8 Å². The van der Waals surface area contributed by atoms with Gasteiger partial charge in [-0.3, -0.25) is 4.79 Å². The quantitative estimate of drug-likeness (QED) is 0.776. The van der Waals surface area contributed by atoms with E-state index in [4.69, 9.17) is 16.3 Å². The molecular weight excluding hydrogens is 240 g/mol. The van der Waals surface area contributed by atoms with Gasteiger partial charge in [-0.2, -0.15) is 0 Å². The third-order valence-electron chi connectivity index (χ3n) is 2.56. The Bertz CT molecular complexity index is 389. The molecule has 0 aliphatic rings. The van der Waals surface area contributed by atoms with E-state index in [1.165, 1.54) is 0 Å². The number of hydrogen-bond donors (Lipinski definition) is 0. The lowest BCUT2D eigenvalue weighted by atomic mass is 10.2. The van der Waals surface area contributed by atoms with Crippen molar-refractivity contribution in [2.45, 2.75) is 19.9 Å². The Labute approximate surface area is 107 Å². The topological polar surface area (TPSA) is 42.4 Å². The normalized spacial score (nSPS) is 12.3. The molecule has 17 heavy (non-hydrogen) atoms. The van der Waals surface area contributed by atoms with Gasteiger partial charge < -0.3 is 9.64 Å². The Morgan fingerprint density at radius 3 is 2.76 bits per heavy atom. The van der Waals surface area contributed by atoms with Crippen LogP contribution in [0, 0.1) is 6.92 Å². The predicted molar refractivity (Wildman–Crippen MR) is 67.4 cm³/mol. The number of aryl methyl sites for hydroxylation is 1. The SMILES string of the molecule is COCC(C)N(C)C(=O)c1cc(C)nc(Cl)c1. The summed E-state index contributed by atoms with van der Waals surface area (Å²) in [5.41, 5.74) is 1.28. The van der Waals surface area contributed by atoms with Gasteiger partial charge in [0.1, 0.15) is 5.15 Å². The number of rotatable bonds is 4. The van der Waals surface area contributed by atoms with Crippen molar-refractivity contribution in [3.63, 3.8) is 0 Å². The fourth-order valence-corrected chi connectivity index (χ4v) is 1.76. The molecule has 0 aromatic carbocycles. The summed E-state index contributed by atoms with van der Waals surface area (Å²) >= 11 is 5.83. The average molecular weight is 257 g/mol. The number of aromatic nitrogens is 1. The number of nitrogens with zero attached hydrogens (tertiary/aromatic N) is 2. The van der Waals surface area contributed by atoms with Crippen molar-refractivity contribution in [1.29, 1.82) is 0 Å². The molecular formula is C12H17ClN2O2. The van der Waals surface area contributed by atoms with Gasteiger partial charge in [-0.25, -0.2) is 4.98 Å². The predicted octanol–water partition coefficient (Wildman–Crippen LogP) is 2.15. The summed E-state index contributed by atoms with van der Waals surface area (Å²) in [5.74, 6) is -0.0815. The van der Waals surface area contributed by atoms with E-state index in [-0.39, 0.29) is 11.9 Å². The zero-order chi connectivity index (χ0) is 13.0. The van der Waals surface area contributed by atoms with Crippen LogP contribution in [0.5, 0.6) is 0 Å². The number of carbonyl (C=O) groups excluding carboxylic acids is 1. The summed E-state index contributed by atoms with van der Waals surface area (Å²) in [5, 5.41) is 0.334. The molecule has 1 aromatic heterocycles. The van der Waals surface area contributed by atoms with E-state index >= 15 is 0 Å². The van der Waals surface area contributed by atoms with Crippen molar-refractivity contribution in [3.8, 4) is 0 Å². The van der Waals surface area contributed by atoms with Gasteiger partial charge in [-0.05, 0) is 26.0 Å². The molecule has 0 fully saturated rings. The second-order valence-corrected chi connectivity index (χ2v) is 4.43. The molecule has 0 bridgehead atoms. The highest BCUT2D eigenvalue weighted by atomic mass is 35.5. The first kappa shape index (κ1) is 13.9. The van der Waals surface area contributed by atoms with Gasteiger partial charge in [-0.15, -0.1) is 0 Å². The van der Waals surface area contributed by atoms with Crippen LogP contribution in [-0.2, 0) is 4.74 Å². The molecule has 0 aliphatic heterocycles. The summed E-state index contributed by atoms with van der Waals surface area (Å²) in [6, 6.07) is 3.32. The number of pyridine rings is 1. The van der Waals surface area contributed by atoms with Crippen LogP contribution in [0.1, 0.15) is 23.0 Å². The van der Waals surface area contributed by atoms with Crippen molar-refractivity contribution < 1.29 is 9.53 Å². The second-order valence-electron chi connectivity index (χ2n) is 4.04. The highest BCUT2D eigenvalue weighted by Crippen LogP contribution is 2.13.